The summed E-state index contributed by atoms with van der Waals surface area (Å²) >= 11 is 0. The third kappa shape index (κ3) is 2.69. The van der Waals surface area contributed by atoms with E-state index in [4.69, 9.17) is 5.26 Å². The summed E-state index contributed by atoms with van der Waals surface area (Å²) in [5.41, 5.74) is 0.385. The van der Waals surface area contributed by atoms with E-state index in [1.807, 2.05) is 6.07 Å². The van der Waals surface area contributed by atoms with E-state index in [0.717, 1.165) is 18.9 Å². The van der Waals surface area contributed by atoms with Gasteiger partial charge in [-0.2, -0.15) is 5.26 Å². The molecule has 1 aromatic rings. The van der Waals surface area contributed by atoms with Gasteiger partial charge in [-0.05, 0) is 32.4 Å². The molecule has 3 rings (SSSR count). The van der Waals surface area contributed by atoms with E-state index in [9.17, 15) is 0 Å². The monoisotopic (exact) mass is 257 g/mol. The van der Waals surface area contributed by atoms with E-state index in [1.54, 1.807) is 12.4 Å². The number of rotatable bonds is 2. The van der Waals surface area contributed by atoms with Gasteiger partial charge in [0, 0.05) is 19.1 Å². The average molecular weight is 257 g/mol. The first-order valence-electron chi connectivity index (χ1n) is 7.08. The molecule has 2 aliphatic rings. The van der Waals surface area contributed by atoms with Gasteiger partial charge in [-0.1, -0.05) is 6.42 Å². The highest BCUT2D eigenvalue weighted by Crippen LogP contribution is 2.23. The molecule has 2 fully saturated rings. The van der Waals surface area contributed by atoms with Crippen LogP contribution in [-0.4, -0.2) is 47.1 Å². The molecule has 0 N–H and O–H groups in total. The normalized spacial score (nSPS) is 24.4. The molecular formula is C14H19N5. The van der Waals surface area contributed by atoms with E-state index in [1.165, 1.54) is 38.8 Å². The minimum atomic E-state index is 0.385. The fourth-order valence-corrected chi connectivity index (χ4v) is 3.07. The summed E-state index contributed by atoms with van der Waals surface area (Å²) in [5.74, 6) is 0.901. The van der Waals surface area contributed by atoms with Crippen LogP contribution in [0.3, 0.4) is 0 Å². The molecule has 0 aliphatic carbocycles. The molecule has 2 aliphatic heterocycles. The Kier molecular flexibility index (Phi) is 3.60. The van der Waals surface area contributed by atoms with Crippen LogP contribution in [-0.2, 0) is 0 Å². The zero-order valence-corrected chi connectivity index (χ0v) is 11.1. The summed E-state index contributed by atoms with van der Waals surface area (Å²) in [5, 5.41) is 8.73. The summed E-state index contributed by atoms with van der Waals surface area (Å²) in [4.78, 5) is 13.3. The molecule has 0 spiro atoms. The Balaban J connectivity index is 1.63. The molecule has 100 valence electrons. The minimum absolute atomic E-state index is 0.385. The van der Waals surface area contributed by atoms with Crippen molar-refractivity contribution in [2.45, 2.75) is 31.7 Å². The van der Waals surface area contributed by atoms with Gasteiger partial charge in [-0.25, -0.2) is 9.97 Å². The Hall–Kier alpha value is -1.67. The number of piperidine rings is 1. The van der Waals surface area contributed by atoms with Gasteiger partial charge in [0.2, 0.25) is 0 Å². The summed E-state index contributed by atoms with van der Waals surface area (Å²) in [6.45, 7) is 4.58. The van der Waals surface area contributed by atoms with Crippen molar-refractivity contribution in [3.63, 3.8) is 0 Å². The Morgan fingerprint density at radius 3 is 2.63 bits per heavy atom. The third-order valence-corrected chi connectivity index (χ3v) is 4.15. The van der Waals surface area contributed by atoms with Crippen molar-refractivity contribution in [3.8, 4) is 6.07 Å². The molecule has 1 aromatic heterocycles. The maximum atomic E-state index is 8.73. The lowest BCUT2D eigenvalue weighted by atomic mass is 10.1. The van der Waals surface area contributed by atoms with Crippen molar-refractivity contribution in [3.05, 3.63) is 18.1 Å². The summed E-state index contributed by atoms with van der Waals surface area (Å²) in [6, 6.07) is 2.67. The quantitative estimate of drug-likeness (QED) is 0.802. The van der Waals surface area contributed by atoms with Gasteiger partial charge in [0.25, 0.3) is 0 Å². The van der Waals surface area contributed by atoms with E-state index < -0.39 is 0 Å². The van der Waals surface area contributed by atoms with Crippen LogP contribution in [0.5, 0.6) is 0 Å². The largest absolute Gasteiger partial charge is 0.354 e. The van der Waals surface area contributed by atoms with Crippen LogP contribution in [0, 0.1) is 11.3 Å². The molecule has 1 atom stereocenters. The number of nitrogens with zero attached hydrogens (tertiary/aromatic N) is 5. The van der Waals surface area contributed by atoms with E-state index in [-0.39, 0.29) is 0 Å². The van der Waals surface area contributed by atoms with Crippen molar-refractivity contribution in [2.24, 2.45) is 0 Å². The number of hydrogen-bond donors (Lipinski definition) is 0. The number of aromatic nitrogens is 2. The first-order valence-corrected chi connectivity index (χ1v) is 7.08. The Bertz CT molecular complexity index is 458. The second kappa shape index (κ2) is 5.54. The molecular weight excluding hydrogens is 238 g/mol. The summed E-state index contributed by atoms with van der Waals surface area (Å²) in [6.07, 6.45) is 8.55. The minimum Gasteiger partial charge on any atom is -0.354 e. The number of nitriles is 1. The molecule has 5 heteroatoms. The number of likely N-dealkylation sites (tertiary alicyclic amines) is 1. The summed E-state index contributed by atoms with van der Waals surface area (Å²) < 4.78 is 0. The lowest BCUT2D eigenvalue weighted by Gasteiger charge is -2.32. The van der Waals surface area contributed by atoms with E-state index in [2.05, 4.69) is 19.8 Å². The summed E-state index contributed by atoms with van der Waals surface area (Å²) in [7, 11) is 0. The molecule has 1 unspecified atom stereocenters. The smallest absolute Gasteiger partial charge is 0.158 e. The van der Waals surface area contributed by atoms with Crippen molar-refractivity contribution >= 4 is 5.82 Å². The van der Waals surface area contributed by atoms with E-state index in [0.29, 0.717) is 11.7 Å². The third-order valence-electron chi connectivity index (χ3n) is 4.15. The molecule has 0 amide bonds. The predicted molar refractivity (Wildman–Crippen MR) is 72.8 cm³/mol. The molecule has 19 heavy (non-hydrogen) atoms. The van der Waals surface area contributed by atoms with Gasteiger partial charge in [0.15, 0.2) is 5.69 Å². The zero-order chi connectivity index (χ0) is 13.1. The van der Waals surface area contributed by atoms with Gasteiger partial charge in [0.1, 0.15) is 11.9 Å². The van der Waals surface area contributed by atoms with Gasteiger partial charge in [-0.15, -0.1) is 0 Å². The Labute approximate surface area is 113 Å². The van der Waals surface area contributed by atoms with Gasteiger partial charge in [-0.3, -0.25) is 4.90 Å². The number of anilines is 1. The average Bonchev–Trinajstić information content (AvgIpc) is 2.98. The van der Waals surface area contributed by atoms with Crippen molar-refractivity contribution in [2.75, 3.05) is 31.1 Å². The van der Waals surface area contributed by atoms with Crippen molar-refractivity contribution < 1.29 is 0 Å². The van der Waals surface area contributed by atoms with Gasteiger partial charge in [0.05, 0.1) is 12.4 Å². The highest BCUT2D eigenvalue weighted by Gasteiger charge is 2.29. The maximum absolute atomic E-state index is 8.73. The molecule has 0 bridgehead atoms. The Morgan fingerprint density at radius 1 is 1.11 bits per heavy atom. The molecule has 0 aromatic carbocycles. The molecule has 5 nitrogen and oxygen atoms in total. The number of hydrogen-bond acceptors (Lipinski definition) is 5. The van der Waals surface area contributed by atoms with Crippen LogP contribution < -0.4 is 4.90 Å². The van der Waals surface area contributed by atoms with E-state index >= 15 is 0 Å². The Morgan fingerprint density at radius 2 is 1.95 bits per heavy atom. The van der Waals surface area contributed by atoms with Gasteiger partial charge >= 0.3 is 0 Å². The van der Waals surface area contributed by atoms with Crippen LogP contribution >= 0.6 is 0 Å². The van der Waals surface area contributed by atoms with Gasteiger partial charge < -0.3 is 4.90 Å². The second-order valence-corrected chi connectivity index (χ2v) is 5.36. The first-order chi connectivity index (χ1) is 9.36. The molecule has 2 saturated heterocycles. The molecule has 0 saturated carbocycles. The van der Waals surface area contributed by atoms with Crippen LogP contribution in [0.2, 0.25) is 0 Å². The standard InChI is InChI=1S/C14H19N5/c15-8-12-9-17-14(10-16-12)19-7-4-13(11-19)18-5-2-1-3-6-18/h9-10,13H,1-7,11H2. The van der Waals surface area contributed by atoms with Crippen LogP contribution in [0.1, 0.15) is 31.4 Å². The predicted octanol–water partition coefficient (Wildman–Crippen LogP) is 1.41. The fraction of sp³-hybridized carbons (Fsp3) is 0.643. The fourth-order valence-electron chi connectivity index (χ4n) is 3.07. The highest BCUT2D eigenvalue weighted by atomic mass is 15.3. The lowest BCUT2D eigenvalue weighted by molar-refractivity contribution is 0.175. The van der Waals surface area contributed by atoms with Crippen molar-refractivity contribution in [1.29, 1.82) is 5.26 Å². The second-order valence-electron chi connectivity index (χ2n) is 5.36. The SMILES string of the molecule is N#Cc1cnc(N2CCC(N3CCCCC3)C2)cn1. The zero-order valence-electron chi connectivity index (χ0n) is 11.1. The maximum Gasteiger partial charge on any atom is 0.158 e. The lowest BCUT2D eigenvalue weighted by Crippen LogP contribution is -2.40. The molecule has 0 radical (unpaired) electrons. The highest BCUT2D eigenvalue weighted by molar-refractivity contribution is 5.39. The molecule has 3 heterocycles. The van der Waals surface area contributed by atoms with Crippen molar-refractivity contribution in [1.82, 2.24) is 14.9 Å². The van der Waals surface area contributed by atoms with Crippen LogP contribution in [0.4, 0.5) is 5.82 Å². The van der Waals surface area contributed by atoms with Crippen LogP contribution in [0.15, 0.2) is 12.4 Å². The van der Waals surface area contributed by atoms with Crippen LogP contribution in [0.25, 0.3) is 0 Å². The topological polar surface area (TPSA) is 56.1 Å². The first kappa shape index (κ1) is 12.4.